The van der Waals surface area contributed by atoms with Gasteiger partial charge in [0, 0.05) is 12.0 Å². The third-order valence-corrected chi connectivity index (χ3v) is 2.07. The SMILES string of the molecule is [C+]1=CC=C(CC2=CC=CC2)C1. The number of rotatable bonds is 2. The summed E-state index contributed by atoms with van der Waals surface area (Å²) in [6, 6.07) is 0. The van der Waals surface area contributed by atoms with E-state index in [9.17, 15) is 0 Å². The second-order valence-corrected chi connectivity index (χ2v) is 3.01. The Morgan fingerprint density at radius 1 is 1.27 bits per heavy atom. The molecule has 2 rings (SSSR count). The van der Waals surface area contributed by atoms with Gasteiger partial charge in [0.2, 0.25) is 0 Å². The fourth-order valence-corrected chi connectivity index (χ4v) is 1.46. The van der Waals surface area contributed by atoms with Gasteiger partial charge < -0.3 is 0 Å². The molecule has 0 aromatic heterocycles. The lowest BCUT2D eigenvalue weighted by Gasteiger charge is -1.96. The average Bonchev–Trinajstić information content (AvgIpc) is 2.60. The van der Waals surface area contributed by atoms with Crippen LogP contribution in [0.2, 0.25) is 0 Å². The Hall–Kier alpha value is -1.13. The van der Waals surface area contributed by atoms with Crippen molar-refractivity contribution >= 4 is 0 Å². The zero-order chi connectivity index (χ0) is 7.52. The molecule has 0 amide bonds. The zero-order valence-electron chi connectivity index (χ0n) is 6.51. The normalized spacial score (nSPS) is 20.0. The molecule has 0 heterocycles. The molecule has 0 bridgehead atoms. The number of hydrogen-bond donors (Lipinski definition) is 0. The van der Waals surface area contributed by atoms with Gasteiger partial charge >= 0.3 is 0 Å². The molecular formula is C11H11+. The van der Waals surface area contributed by atoms with Crippen LogP contribution in [0.25, 0.3) is 0 Å². The molecule has 11 heavy (non-hydrogen) atoms. The van der Waals surface area contributed by atoms with Crippen molar-refractivity contribution in [1.82, 2.24) is 0 Å². The number of hydrogen-bond acceptors (Lipinski definition) is 0. The van der Waals surface area contributed by atoms with Crippen molar-refractivity contribution in [2.45, 2.75) is 19.3 Å². The van der Waals surface area contributed by atoms with Gasteiger partial charge in [-0.2, -0.15) is 0 Å². The fourth-order valence-electron chi connectivity index (χ4n) is 1.46. The summed E-state index contributed by atoms with van der Waals surface area (Å²) >= 11 is 0. The minimum atomic E-state index is 1.04. The molecular weight excluding hydrogens is 132 g/mol. The summed E-state index contributed by atoms with van der Waals surface area (Å²) in [4.78, 5) is 0. The van der Waals surface area contributed by atoms with Crippen LogP contribution in [0.15, 0.2) is 41.5 Å². The molecule has 2 aliphatic rings. The maximum absolute atomic E-state index is 3.18. The van der Waals surface area contributed by atoms with Crippen LogP contribution in [0.5, 0.6) is 0 Å². The van der Waals surface area contributed by atoms with Crippen molar-refractivity contribution in [2.75, 3.05) is 0 Å². The fraction of sp³-hybridized carbons (Fsp3) is 0.273. The predicted molar refractivity (Wildman–Crippen MR) is 47.0 cm³/mol. The smallest absolute Gasteiger partial charge is 0.0804 e. The highest BCUT2D eigenvalue weighted by Gasteiger charge is 2.11. The third-order valence-electron chi connectivity index (χ3n) is 2.07. The van der Waals surface area contributed by atoms with E-state index in [-0.39, 0.29) is 0 Å². The molecule has 0 saturated carbocycles. The number of allylic oxidation sites excluding steroid dienone is 8. The summed E-state index contributed by atoms with van der Waals surface area (Å²) in [7, 11) is 0. The van der Waals surface area contributed by atoms with Crippen molar-refractivity contribution in [3.05, 3.63) is 47.6 Å². The first kappa shape index (κ1) is 6.57. The van der Waals surface area contributed by atoms with Crippen LogP contribution in [0.3, 0.4) is 0 Å². The molecule has 0 saturated heterocycles. The summed E-state index contributed by atoms with van der Waals surface area (Å²) in [5, 5.41) is 0. The zero-order valence-corrected chi connectivity index (χ0v) is 6.51. The second kappa shape index (κ2) is 2.86. The molecule has 0 radical (unpaired) electrons. The molecule has 0 spiro atoms. The Labute approximate surface area is 67.6 Å². The molecule has 0 heteroatoms. The van der Waals surface area contributed by atoms with Crippen molar-refractivity contribution in [3.63, 3.8) is 0 Å². The van der Waals surface area contributed by atoms with E-state index in [2.05, 4.69) is 30.4 Å². The molecule has 2 aliphatic carbocycles. The topological polar surface area (TPSA) is 0 Å². The van der Waals surface area contributed by atoms with Crippen LogP contribution in [0.4, 0.5) is 0 Å². The van der Waals surface area contributed by atoms with E-state index in [1.165, 1.54) is 11.1 Å². The summed E-state index contributed by atoms with van der Waals surface area (Å²) in [5.74, 6) is 0. The lowest BCUT2D eigenvalue weighted by molar-refractivity contribution is 1.02. The second-order valence-electron chi connectivity index (χ2n) is 3.01. The van der Waals surface area contributed by atoms with Gasteiger partial charge in [0.15, 0.2) is 6.08 Å². The molecule has 0 aliphatic heterocycles. The van der Waals surface area contributed by atoms with Gasteiger partial charge in [-0.05, 0) is 6.42 Å². The molecule has 0 N–H and O–H groups in total. The third kappa shape index (κ3) is 1.47. The first-order valence-electron chi connectivity index (χ1n) is 4.04. The Kier molecular flexibility index (Phi) is 1.71. The molecule has 0 atom stereocenters. The monoisotopic (exact) mass is 143 g/mol. The lowest BCUT2D eigenvalue weighted by Crippen LogP contribution is -1.82. The van der Waals surface area contributed by atoms with E-state index >= 15 is 0 Å². The Morgan fingerprint density at radius 2 is 2.27 bits per heavy atom. The molecule has 0 aromatic carbocycles. The van der Waals surface area contributed by atoms with E-state index < -0.39 is 0 Å². The first-order chi connectivity index (χ1) is 5.45. The largest absolute Gasteiger partial charge is 0.155 e. The van der Waals surface area contributed by atoms with Gasteiger partial charge in [-0.3, -0.25) is 0 Å². The summed E-state index contributed by atoms with van der Waals surface area (Å²) in [6.07, 6.45) is 17.3. The van der Waals surface area contributed by atoms with E-state index in [1.54, 1.807) is 0 Å². The quantitative estimate of drug-likeness (QED) is 0.521. The van der Waals surface area contributed by atoms with Gasteiger partial charge in [0.1, 0.15) is 6.42 Å². The summed E-state index contributed by atoms with van der Waals surface area (Å²) in [6.45, 7) is 0. The molecule has 0 fully saturated rings. The molecule has 0 unspecified atom stereocenters. The average molecular weight is 143 g/mol. The molecule has 54 valence electrons. The van der Waals surface area contributed by atoms with Gasteiger partial charge in [-0.25, -0.2) is 0 Å². The van der Waals surface area contributed by atoms with E-state index in [4.69, 9.17) is 0 Å². The maximum atomic E-state index is 3.18. The van der Waals surface area contributed by atoms with E-state index in [0.29, 0.717) is 0 Å². The van der Waals surface area contributed by atoms with Crippen LogP contribution in [-0.2, 0) is 0 Å². The minimum absolute atomic E-state index is 1.04. The van der Waals surface area contributed by atoms with Gasteiger partial charge in [0.05, 0.1) is 12.2 Å². The van der Waals surface area contributed by atoms with Crippen molar-refractivity contribution < 1.29 is 0 Å². The van der Waals surface area contributed by atoms with Gasteiger partial charge in [-0.1, -0.05) is 23.8 Å². The van der Waals surface area contributed by atoms with Crippen molar-refractivity contribution in [1.29, 1.82) is 0 Å². The highest BCUT2D eigenvalue weighted by Crippen LogP contribution is 2.23. The Bertz CT molecular complexity index is 234. The Balaban J connectivity index is 1.91. The highest BCUT2D eigenvalue weighted by molar-refractivity contribution is 5.31. The summed E-state index contributed by atoms with van der Waals surface area (Å²) in [5.41, 5.74) is 3.04. The van der Waals surface area contributed by atoms with Crippen LogP contribution in [0.1, 0.15) is 19.3 Å². The predicted octanol–water partition coefficient (Wildman–Crippen LogP) is 2.95. The Morgan fingerprint density at radius 3 is 2.91 bits per heavy atom. The van der Waals surface area contributed by atoms with E-state index in [0.717, 1.165) is 19.3 Å². The van der Waals surface area contributed by atoms with Crippen LogP contribution in [0, 0.1) is 6.08 Å². The van der Waals surface area contributed by atoms with Crippen LogP contribution < -0.4 is 0 Å². The van der Waals surface area contributed by atoms with Crippen LogP contribution >= 0.6 is 0 Å². The lowest BCUT2D eigenvalue weighted by atomic mass is 10.0. The molecule has 0 aromatic rings. The van der Waals surface area contributed by atoms with E-state index in [1.807, 2.05) is 6.08 Å². The highest BCUT2D eigenvalue weighted by atomic mass is 14.1. The first-order valence-corrected chi connectivity index (χ1v) is 4.04. The van der Waals surface area contributed by atoms with Crippen molar-refractivity contribution in [3.8, 4) is 0 Å². The summed E-state index contributed by atoms with van der Waals surface area (Å²) < 4.78 is 0. The maximum Gasteiger partial charge on any atom is 0.155 e. The molecule has 0 nitrogen and oxygen atoms in total. The van der Waals surface area contributed by atoms with Crippen molar-refractivity contribution in [2.24, 2.45) is 0 Å². The van der Waals surface area contributed by atoms with Gasteiger partial charge in [0.25, 0.3) is 0 Å². The standard InChI is InChI=1S/C11H11/c1-2-6-10(5-1)9-11-7-3-4-8-11/h1-3,5,7H,6,8-9H2/q+1. The van der Waals surface area contributed by atoms with Crippen LogP contribution in [-0.4, -0.2) is 0 Å². The van der Waals surface area contributed by atoms with Gasteiger partial charge in [-0.15, -0.1) is 0 Å². The minimum Gasteiger partial charge on any atom is -0.0804 e.